The van der Waals surface area contributed by atoms with E-state index in [0.29, 0.717) is 6.61 Å². The first-order valence-corrected chi connectivity index (χ1v) is 3.42. The molecule has 62 valence electrons. The molecular weight excluding hydrogens is 144 g/mol. The van der Waals surface area contributed by atoms with Gasteiger partial charge in [0.2, 0.25) is 0 Å². The highest BCUT2D eigenvalue weighted by molar-refractivity contribution is 5.82. The Morgan fingerprint density at radius 3 is 2.82 bits per heavy atom. The van der Waals surface area contributed by atoms with E-state index in [0.717, 1.165) is 0 Å². The second-order valence-corrected chi connectivity index (χ2v) is 1.72. The Hall–Kier alpha value is -1.09. The van der Waals surface area contributed by atoms with Crippen LogP contribution >= 0.6 is 0 Å². The van der Waals surface area contributed by atoms with Gasteiger partial charge in [0.25, 0.3) is 0 Å². The lowest BCUT2D eigenvalue weighted by Crippen LogP contribution is -1.98. The number of ether oxygens (including phenoxy) is 1. The van der Waals surface area contributed by atoms with Gasteiger partial charge >= 0.3 is 5.97 Å². The quantitative estimate of drug-likeness (QED) is 0.369. The van der Waals surface area contributed by atoms with Crippen LogP contribution in [-0.4, -0.2) is 24.3 Å². The normalized spacial score (nSPS) is 11.1. The third-order valence-corrected chi connectivity index (χ3v) is 0.872. The van der Waals surface area contributed by atoms with Gasteiger partial charge in [-0.3, -0.25) is 0 Å². The number of carbonyl (C=O) groups excluding carboxylic acids is 1. The summed E-state index contributed by atoms with van der Waals surface area (Å²) in [6, 6.07) is 0. The summed E-state index contributed by atoms with van der Waals surface area (Å²) in [4.78, 5) is 10.6. The van der Waals surface area contributed by atoms with Crippen LogP contribution in [0.25, 0.3) is 0 Å². The average Bonchev–Trinajstić information content (AvgIpc) is 1.99. The zero-order valence-corrected chi connectivity index (χ0v) is 6.49. The first-order valence-electron chi connectivity index (χ1n) is 3.42. The van der Waals surface area contributed by atoms with Crippen LogP contribution in [-0.2, 0) is 9.53 Å². The lowest BCUT2D eigenvalue weighted by atomic mass is 10.4. The van der Waals surface area contributed by atoms with E-state index < -0.39 is 0 Å². The molecule has 0 aliphatic heterocycles. The third-order valence-electron chi connectivity index (χ3n) is 0.872. The fourth-order valence-corrected chi connectivity index (χ4v) is 0.464. The number of rotatable bonds is 4. The second kappa shape index (κ2) is 7.02. The number of aliphatic hydroxyl groups is 1. The van der Waals surface area contributed by atoms with E-state index >= 15 is 0 Å². The van der Waals surface area contributed by atoms with E-state index in [-0.39, 0.29) is 12.6 Å². The molecule has 0 saturated heterocycles. The second-order valence-electron chi connectivity index (χ2n) is 1.72. The summed E-state index contributed by atoms with van der Waals surface area (Å²) in [5, 5.41) is 8.30. The molecule has 0 aliphatic carbocycles. The summed E-state index contributed by atoms with van der Waals surface area (Å²) in [6.07, 6.45) is 5.93. The molecule has 0 rings (SSSR count). The van der Waals surface area contributed by atoms with Crippen molar-refractivity contribution in [3.05, 3.63) is 24.3 Å². The van der Waals surface area contributed by atoms with Gasteiger partial charge in [0, 0.05) is 6.08 Å². The van der Waals surface area contributed by atoms with E-state index in [1.165, 1.54) is 18.2 Å². The molecule has 0 unspecified atom stereocenters. The summed E-state index contributed by atoms with van der Waals surface area (Å²) < 4.78 is 4.60. The number of carbonyl (C=O) groups is 1. The number of hydrogen-bond acceptors (Lipinski definition) is 3. The first kappa shape index (κ1) is 9.91. The predicted molar refractivity (Wildman–Crippen MR) is 42.0 cm³/mol. The maximum absolute atomic E-state index is 10.6. The van der Waals surface area contributed by atoms with E-state index in [2.05, 4.69) is 4.74 Å². The maximum atomic E-state index is 10.6. The van der Waals surface area contributed by atoms with Crippen molar-refractivity contribution >= 4 is 5.97 Å². The van der Waals surface area contributed by atoms with Crippen LogP contribution in [0.2, 0.25) is 0 Å². The first-order chi connectivity index (χ1) is 5.31. The molecule has 0 bridgehead atoms. The zero-order chi connectivity index (χ0) is 8.53. The SMILES string of the molecule is CCOC(=O)/C=C/C=C/CO. The van der Waals surface area contributed by atoms with Gasteiger partial charge in [-0.25, -0.2) is 4.79 Å². The van der Waals surface area contributed by atoms with Crippen LogP contribution in [0.3, 0.4) is 0 Å². The smallest absolute Gasteiger partial charge is 0.330 e. The Labute approximate surface area is 66.0 Å². The van der Waals surface area contributed by atoms with Crippen LogP contribution in [0.4, 0.5) is 0 Å². The van der Waals surface area contributed by atoms with Crippen molar-refractivity contribution in [3.63, 3.8) is 0 Å². The molecule has 0 radical (unpaired) electrons. The minimum atomic E-state index is -0.366. The molecule has 0 aromatic heterocycles. The van der Waals surface area contributed by atoms with Crippen LogP contribution in [0.1, 0.15) is 6.92 Å². The van der Waals surface area contributed by atoms with Gasteiger partial charge in [-0.2, -0.15) is 0 Å². The van der Waals surface area contributed by atoms with Crippen molar-refractivity contribution in [2.45, 2.75) is 6.92 Å². The van der Waals surface area contributed by atoms with Gasteiger partial charge in [0.05, 0.1) is 13.2 Å². The number of aliphatic hydroxyl groups excluding tert-OH is 1. The van der Waals surface area contributed by atoms with Crippen LogP contribution < -0.4 is 0 Å². The van der Waals surface area contributed by atoms with Gasteiger partial charge in [-0.05, 0) is 6.92 Å². The van der Waals surface area contributed by atoms with Crippen molar-refractivity contribution in [1.82, 2.24) is 0 Å². The molecule has 0 spiro atoms. The van der Waals surface area contributed by atoms with Crippen LogP contribution in [0, 0.1) is 0 Å². The van der Waals surface area contributed by atoms with Crippen LogP contribution in [0.15, 0.2) is 24.3 Å². The molecule has 0 aliphatic rings. The fraction of sp³-hybridized carbons (Fsp3) is 0.375. The van der Waals surface area contributed by atoms with Gasteiger partial charge in [-0.15, -0.1) is 0 Å². The Balaban J connectivity index is 3.56. The molecule has 0 aromatic rings. The Morgan fingerprint density at radius 1 is 1.55 bits per heavy atom. The van der Waals surface area contributed by atoms with Gasteiger partial charge in [0.1, 0.15) is 0 Å². The summed E-state index contributed by atoms with van der Waals surface area (Å²) in [7, 11) is 0. The Morgan fingerprint density at radius 2 is 2.27 bits per heavy atom. The Bertz CT molecular complexity index is 159. The highest BCUT2D eigenvalue weighted by atomic mass is 16.5. The number of hydrogen-bond donors (Lipinski definition) is 1. The van der Waals surface area contributed by atoms with Crippen molar-refractivity contribution in [1.29, 1.82) is 0 Å². The molecule has 3 nitrogen and oxygen atoms in total. The number of allylic oxidation sites excluding steroid dienone is 2. The fourth-order valence-electron chi connectivity index (χ4n) is 0.464. The van der Waals surface area contributed by atoms with Crippen LogP contribution in [0.5, 0.6) is 0 Å². The topological polar surface area (TPSA) is 46.5 Å². The standard InChI is InChI=1S/C8H12O3/c1-2-11-8(10)6-4-3-5-7-9/h3-6,9H,2,7H2,1H3/b5-3+,6-4+. The highest BCUT2D eigenvalue weighted by Gasteiger charge is 1.89. The highest BCUT2D eigenvalue weighted by Crippen LogP contribution is 1.82. The predicted octanol–water partition coefficient (Wildman–Crippen LogP) is 0.654. The molecule has 11 heavy (non-hydrogen) atoms. The van der Waals surface area contributed by atoms with E-state index in [9.17, 15) is 4.79 Å². The molecule has 0 aromatic carbocycles. The molecule has 0 saturated carbocycles. The summed E-state index contributed by atoms with van der Waals surface area (Å²) in [5.74, 6) is -0.366. The molecule has 0 amide bonds. The molecule has 0 fully saturated rings. The van der Waals surface area contributed by atoms with Gasteiger partial charge in [-0.1, -0.05) is 18.2 Å². The van der Waals surface area contributed by atoms with E-state index in [1.807, 2.05) is 0 Å². The van der Waals surface area contributed by atoms with Crippen molar-refractivity contribution in [2.75, 3.05) is 13.2 Å². The van der Waals surface area contributed by atoms with Crippen molar-refractivity contribution < 1.29 is 14.6 Å². The monoisotopic (exact) mass is 156 g/mol. The largest absolute Gasteiger partial charge is 0.463 e. The summed E-state index contributed by atoms with van der Waals surface area (Å²) >= 11 is 0. The van der Waals surface area contributed by atoms with Crippen molar-refractivity contribution in [3.8, 4) is 0 Å². The number of esters is 1. The van der Waals surface area contributed by atoms with E-state index in [4.69, 9.17) is 5.11 Å². The molecule has 3 heteroatoms. The Kier molecular flexibility index (Phi) is 6.33. The lowest BCUT2D eigenvalue weighted by Gasteiger charge is -1.92. The lowest BCUT2D eigenvalue weighted by molar-refractivity contribution is -0.137. The third kappa shape index (κ3) is 6.80. The minimum absolute atomic E-state index is 0.0207. The zero-order valence-electron chi connectivity index (χ0n) is 6.49. The molecular formula is C8H12O3. The minimum Gasteiger partial charge on any atom is -0.463 e. The average molecular weight is 156 g/mol. The molecule has 0 heterocycles. The van der Waals surface area contributed by atoms with E-state index in [1.54, 1.807) is 13.0 Å². The van der Waals surface area contributed by atoms with Crippen molar-refractivity contribution in [2.24, 2.45) is 0 Å². The summed E-state index contributed by atoms with van der Waals surface area (Å²) in [6.45, 7) is 2.11. The maximum Gasteiger partial charge on any atom is 0.330 e. The molecule has 1 N–H and O–H groups in total. The summed E-state index contributed by atoms with van der Waals surface area (Å²) in [5.41, 5.74) is 0. The van der Waals surface area contributed by atoms with Gasteiger partial charge < -0.3 is 9.84 Å². The van der Waals surface area contributed by atoms with Gasteiger partial charge in [0.15, 0.2) is 0 Å². The molecule has 0 atom stereocenters.